The highest BCUT2D eigenvalue weighted by Crippen LogP contribution is 2.42. The molecule has 37 heavy (non-hydrogen) atoms. The SMILES string of the molecule is C[C@@H](C(=O)NC(C)(C)C)N(Cc1cccc(Cl)c1)C(=O)CCCN1c2cccc3cccc(c23)S1(=O)=O. The number of hydrogen-bond donors (Lipinski definition) is 1. The van der Waals surface area contributed by atoms with Gasteiger partial charge in [-0.2, -0.15) is 0 Å². The van der Waals surface area contributed by atoms with Gasteiger partial charge in [-0.15, -0.1) is 0 Å². The molecule has 0 saturated carbocycles. The summed E-state index contributed by atoms with van der Waals surface area (Å²) in [6.07, 6.45) is 0.397. The van der Waals surface area contributed by atoms with E-state index in [9.17, 15) is 18.0 Å². The third kappa shape index (κ3) is 5.75. The molecule has 0 fully saturated rings. The van der Waals surface area contributed by atoms with E-state index in [0.717, 1.165) is 10.9 Å². The van der Waals surface area contributed by atoms with Crippen LogP contribution < -0.4 is 9.62 Å². The van der Waals surface area contributed by atoms with Crippen LogP contribution in [0.25, 0.3) is 10.8 Å². The van der Waals surface area contributed by atoms with E-state index in [2.05, 4.69) is 5.32 Å². The lowest BCUT2D eigenvalue weighted by Crippen LogP contribution is -2.52. The summed E-state index contributed by atoms with van der Waals surface area (Å²) < 4.78 is 27.9. The van der Waals surface area contributed by atoms with Crippen molar-refractivity contribution < 1.29 is 18.0 Å². The van der Waals surface area contributed by atoms with Crippen LogP contribution in [0.1, 0.15) is 46.1 Å². The Morgan fingerprint density at radius 3 is 2.41 bits per heavy atom. The minimum Gasteiger partial charge on any atom is -0.350 e. The number of hydrogen-bond acceptors (Lipinski definition) is 4. The molecule has 1 N–H and O–H groups in total. The Labute approximate surface area is 223 Å². The number of nitrogens with one attached hydrogen (secondary N) is 1. The van der Waals surface area contributed by atoms with Crippen LogP contribution in [0.2, 0.25) is 5.02 Å². The molecule has 1 aliphatic heterocycles. The van der Waals surface area contributed by atoms with Crippen LogP contribution in [0.5, 0.6) is 0 Å². The summed E-state index contributed by atoms with van der Waals surface area (Å²) in [5.41, 5.74) is 0.991. The van der Waals surface area contributed by atoms with E-state index in [1.807, 2.05) is 45.0 Å². The second-order valence-corrected chi connectivity index (χ2v) is 12.6. The molecule has 3 aromatic rings. The van der Waals surface area contributed by atoms with Crippen molar-refractivity contribution in [1.29, 1.82) is 0 Å². The smallest absolute Gasteiger partial charge is 0.265 e. The zero-order chi connectivity index (χ0) is 27.0. The molecule has 2 amide bonds. The molecule has 196 valence electrons. The van der Waals surface area contributed by atoms with E-state index in [4.69, 9.17) is 11.6 Å². The number of benzene rings is 3. The van der Waals surface area contributed by atoms with Gasteiger partial charge in [0, 0.05) is 35.5 Å². The molecule has 0 bridgehead atoms. The van der Waals surface area contributed by atoms with E-state index in [-0.39, 0.29) is 31.3 Å². The molecule has 0 saturated heterocycles. The lowest BCUT2D eigenvalue weighted by atomic mass is 10.1. The highest BCUT2D eigenvalue weighted by molar-refractivity contribution is 7.93. The molecule has 0 radical (unpaired) electrons. The van der Waals surface area contributed by atoms with Crippen LogP contribution in [0.3, 0.4) is 0 Å². The van der Waals surface area contributed by atoms with Gasteiger partial charge in [0.15, 0.2) is 0 Å². The van der Waals surface area contributed by atoms with E-state index < -0.39 is 21.6 Å². The summed E-state index contributed by atoms with van der Waals surface area (Å²) in [4.78, 5) is 28.2. The van der Waals surface area contributed by atoms with Crippen LogP contribution in [0.4, 0.5) is 5.69 Å². The van der Waals surface area contributed by atoms with Crippen LogP contribution >= 0.6 is 11.6 Å². The number of amides is 2. The second kappa shape index (κ2) is 10.3. The first-order valence-corrected chi connectivity index (χ1v) is 14.1. The van der Waals surface area contributed by atoms with Gasteiger partial charge in [0.05, 0.1) is 10.6 Å². The topological polar surface area (TPSA) is 86.8 Å². The van der Waals surface area contributed by atoms with Crippen molar-refractivity contribution in [3.05, 3.63) is 71.2 Å². The third-order valence-electron chi connectivity index (χ3n) is 6.34. The Morgan fingerprint density at radius 2 is 1.73 bits per heavy atom. The highest BCUT2D eigenvalue weighted by atomic mass is 35.5. The number of carbonyl (C=O) groups excluding carboxylic acids is 2. The molecule has 3 aromatic carbocycles. The first-order valence-electron chi connectivity index (χ1n) is 12.3. The van der Waals surface area contributed by atoms with Crippen LogP contribution in [-0.2, 0) is 26.2 Å². The lowest BCUT2D eigenvalue weighted by Gasteiger charge is -2.31. The number of carbonyl (C=O) groups is 2. The minimum atomic E-state index is -3.69. The molecule has 1 aliphatic rings. The largest absolute Gasteiger partial charge is 0.350 e. The molecule has 0 spiro atoms. The average molecular weight is 542 g/mol. The minimum absolute atomic E-state index is 0.0893. The first-order chi connectivity index (χ1) is 17.4. The second-order valence-electron chi connectivity index (χ2n) is 10.4. The number of anilines is 1. The summed E-state index contributed by atoms with van der Waals surface area (Å²) in [6, 6.07) is 17.2. The van der Waals surface area contributed by atoms with Gasteiger partial charge < -0.3 is 10.2 Å². The number of halogens is 1. The molecular weight excluding hydrogens is 510 g/mol. The van der Waals surface area contributed by atoms with Gasteiger partial charge >= 0.3 is 0 Å². The van der Waals surface area contributed by atoms with Gasteiger partial charge in [-0.25, -0.2) is 8.42 Å². The monoisotopic (exact) mass is 541 g/mol. The summed E-state index contributed by atoms with van der Waals surface area (Å²) in [6.45, 7) is 7.73. The van der Waals surface area contributed by atoms with Gasteiger partial charge in [0.1, 0.15) is 6.04 Å². The average Bonchev–Trinajstić information content (AvgIpc) is 3.04. The normalized spacial score (nSPS) is 15.0. The van der Waals surface area contributed by atoms with Crippen molar-refractivity contribution in [2.75, 3.05) is 10.8 Å². The Morgan fingerprint density at radius 1 is 1.05 bits per heavy atom. The number of nitrogens with zero attached hydrogens (tertiary/aromatic N) is 2. The molecule has 0 unspecified atom stereocenters. The first kappa shape index (κ1) is 26.9. The molecule has 1 heterocycles. The van der Waals surface area contributed by atoms with Crippen molar-refractivity contribution in [2.24, 2.45) is 0 Å². The fraction of sp³-hybridized carbons (Fsp3) is 0.357. The highest BCUT2D eigenvalue weighted by Gasteiger charge is 2.35. The summed E-state index contributed by atoms with van der Waals surface area (Å²) in [5, 5.41) is 5.06. The zero-order valence-corrected chi connectivity index (χ0v) is 23.1. The molecular formula is C28H32ClN3O4S. The van der Waals surface area contributed by atoms with Gasteiger partial charge in [-0.3, -0.25) is 13.9 Å². The van der Waals surface area contributed by atoms with Crippen LogP contribution in [0.15, 0.2) is 65.6 Å². The molecule has 1 atom stereocenters. The van der Waals surface area contributed by atoms with Crippen molar-refractivity contribution in [3.8, 4) is 0 Å². The van der Waals surface area contributed by atoms with Crippen molar-refractivity contribution in [2.45, 2.75) is 63.6 Å². The zero-order valence-electron chi connectivity index (χ0n) is 21.5. The van der Waals surface area contributed by atoms with Gasteiger partial charge in [-0.05, 0) is 69.3 Å². The molecule has 7 nitrogen and oxygen atoms in total. The van der Waals surface area contributed by atoms with Gasteiger partial charge in [-0.1, -0.05) is 48.0 Å². The standard InChI is InChI=1S/C28H32ClN3O4S/c1-19(27(34)30-28(2,3)4)31(18-20-9-5-12-22(29)17-20)25(33)15-8-16-32-23-13-6-10-21-11-7-14-24(26(21)23)37(32,35)36/h5-7,9-14,17,19H,8,15-16,18H2,1-4H3,(H,30,34)/t19-/m0/s1. The maximum absolute atomic E-state index is 13.4. The Hall–Kier alpha value is -3.10. The van der Waals surface area contributed by atoms with Gasteiger partial charge in [0.25, 0.3) is 10.0 Å². The summed E-state index contributed by atoms with van der Waals surface area (Å²) >= 11 is 6.15. The molecule has 9 heteroatoms. The predicted molar refractivity (Wildman–Crippen MR) is 147 cm³/mol. The molecule has 4 rings (SSSR count). The maximum atomic E-state index is 13.4. The van der Waals surface area contributed by atoms with Crippen LogP contribution in [-0.4, -0.2) is 43.3 Å². The van der Waals surface area contributed by atoms with E-state index >= 15 is 0 Å². The fourth-order valence-corrected chi connectivity index (χ4v) is 6.57. The molecule has 0 aromatic heterocycles. The lowest BCUT2D eigenvalue weighted by molar-refractivity contribution is -0.141. The van der Waals surface area contributed by atoms with Crippen molar-refractivity contribution in [3.63, 3.8) is 0 Å². The third-order valence-corrected chi connectivity index (χ3v) is 8.43. The van der Waals surface area contributed by atoms with Crippen molar-refractivity contribution >= 4 is 49.9 Å². The van der Waals surface area contributed by atoms with E-state index in [0.29, 0.717) is 27.4 Å². The Bertz CT molecular complexity index is 1440. The Kier molecular flexibility index (Phi) is 7.53. The fourth-order valence-electron chi connectivity index (χ4n) is 4.61. The van der Waals surface area contributed by atoms with Crippen molar-refractivity contribution in [1.82, 2.24) is 10.2 Å². The Balaban J connectivity index is 1.51. The number of sulfonamides is 1. The maximum Gasteiger partial charge on any atom is 0.265 e. The van der Waals surface area contributed by atoms with E-state index in [1.54, 1.807) is 43.3 Å². The van der Waals surface area contributed by atoms with E-state index in [1.165, 1.54) is 9.21 Å². The molecule has 0 aliphatic carbocycles. The van der Waals surface area contributed by atoms with Crippen LogP contribution in [0, 0.1) is 0 Å². The quantitative estimate of drug-likeness (QED) is 0.429. The predicted octanol–water partition coefficient (Wildman–Crippen LogP) is 5.11. The van der Waals surface area contributed by atoms with Gasteiger partial charge in [0.2, 0.25) is 11.8 Å². The summed E-state index contributed by atoms with van der Waals surface area (Å²) in [5.74, 6) is -0.490. The summed E-state index contributed by atoms with van der Waals surface area (Å²) in [7, 11) is -3.69. The number of rotatable bonds is 8.